The Morgan fingerprint density at radius 3 is 1.96 bits per heavy atom. The van der Waals surface area contributed by atoms with Crippen LogP contribution in [0.4, 0.5) is 0 Å². The number of hydrogen-bond donors (Lipinski definition) is 2. The predicted molar refractivity (Wildman–Crippen MR) is 127 cm³/mol. The molecule has 1 aliphatic rings. The Kier molecular flexibility index (Phi) is 35.8. The molecule has 0 fully saturated rings. The van der Waals surface area contributed by atoms with Crippen LogP contribution in [0.15, 0.2) is 60.7 Å². The summed E-state index contributed by atoms with van der Waals surface area (Å²) in [6, 6.07) is 14.7. The first-order valence-corrected chi connectivity index (χ1v) is 13.1. The quantitative estimate of drug-likeness (QED) is 0.341. The van der Waals surface area contributed by atoms with Gasteiger partial charge in [0.1, 0.15) is 0 Å². The SMILES string of the molecule is CCO.C[Si](C)(C)O.Cl.Cl.[C-]1=CC=CC1.[CH2]=[Zr].[CH3-].c1ccc2[cH-]ccc2c1. The van der Waals surface area contributed by atoms with Crippen molar-refractivity contribution in [3.8, 4) is 0 Å². The molecule has 0 heterocycles. The molecule has 27 heavy (non-hydrogen) atoms. The second kappa shape index (κ2) is 25.8. The van der Waals surface area contributed by atoms with Gasteiger partial charge in [-0.2, -0.15) is 23.6 Å². The zero-order chi connectivity index (χ0) is 18.8. The maximum atomic E-state index is 8.66. The summed E-state index contributed by atoms with van der Waals surface area (Å²) < 4.78 is 3.34. The van der Waals surface area contributed by atoms with E-state index < -0.39 is 8.32 Å². The molecule has 3 rings (SSSR count). The zero-order valence-corrected chi connectivity index (χ0v) is 22.2. The molecule has 0 saturated carbocycles. The topological polar surface area (TPSA) is 40.5 Å². The fourth-order valence-corrected chi connectivity index (χ4v) is 1.41. The van der Waals surface area contributed by atoms with E-state index in [1.165, 1.54) is 35.0 Å². The number of aliphatic hydroxyl groups is 1. The molecular formula is C21H35Cl2O2SiZr-3. The first-order chi connectivity index (χ1) is 11.4. The molecule has 2 nitrogen and oxygen atoms in total. The van der Waals surface area contributed by atoms with Crippen molar-refractivity contribution in [2.24, 2.45) is 0 Å². The van der Waals surface area contributed by atoms with Crippen LogP contribution in [-0.4, -0.2) is 29.0 Å². The molecule has 0 atom stereocenters. The molecule has 0 spiro atoms. The van der Waals surface area contributed by atoms with Crippen LogP contribution in [0.25, 0.3) is 10.8 Å². The average molecular weight is 510 g/mol. The Morgan fingerprint density at radius 1 is 1.15 bits per heavy atom. The van der Waals surface area contributed by atoms with Crippen molar-refractivity contribution in [3.63, 3.8) is 0 Å². The monoisotopic (exact) mass is 507 g/mol. The standard InChI is InChI=1S/C9H7.C5H5.C3H10OSi.C2H6O.CH3.CH2.2ClH.Zr/c1-2-5-9-7-3-6-8(9)4-1;1-2-4-5-3-1;1-5(2,3)4;1-2-3;;;;;/h1-7H;1-3H,4H2;4H,1-3H3;3H,2H2,1H3;1H3;1H2;2*1H;/q2*-1;;;-1;;;;. The molecule has 0 aromatic heterocycles. The van der Waals surface area contributed by atoms with Crippen molar-refractivity contribution < 1.29 is 34.1 Å². The minimum Gasteiger partial charge on any atom is -0.358 e. The minimum atomic E-state index is -1.61. The molecule has 2 aromatic carbocycles. The van der Waals surface area contributed by atoms with Crippen LogP contribution in [0.2, 0.25) is 19.6 Å². The molecule has 0 unspecified atom stereocenters. The molecule has 1 aliphatic carbocycles. The molecule has 2 aromatic rings. The summed E-state index contributed by atoms with van der Waals surface area (Å²) in [5, 5.41) is 10.2. The van der Waals surface area contributed by atoms with Crippen LogP contribution in [0.1, 0.15) is 13.3 Å². The molecule has 0 bridgehead atoms. The van der Waals surface area contributed by atoms with Crippen molar-refractivity contribution in [2.75, 3.05) is 6.61 Å². The number of halogens is 2. The van der Waals surface area contributed by atoms with E-state index in [0.717, 1.165) is 6.42 Å². The number of rotatable bonds is 0. The molecule has 2 N–H and O–H groups in total. The van der Waals surface area contributed by atoms with Gasteiger partial charge in [-0.05, 0) is 26.6 Å². The van der Waals surface area contributed by atoms with E-state index in [9.17, 15) is 0 Å². The summed E-state index contributed by atoms with van der Waals surface area (Å²) in [6.07, 6.45) is 10.0. The Morgan fingerprint density at radius 2 is 1.63 bits per heavy atom. The predicted octanol–water partition coefficient (Wildman–Crippen LogP) is 5.94. The first-order valence-electron chi connectivity index (χ1n) is 7.89. The Hall–Kier alpha value is -0.220. The molecule has 6 heteroatoms. The molecule has 0 radical (unpaired) electrons. The van der Waals surface area contributed by atoms with Crippen molar-refractivity contribution in [1.82, 2.24) is 0 Å². The van der Waals surface area contributed by atoms with Crippen LogP contribution in [0, 0.1) is 13.5 Å². The molecule has 156 valence electrons. The van der Waals surface area contributed by atoms with E-state index in [1.54, 1.807) is 6.92 Å². The van der Waals surface area contributed by atoms with Gasteiger partial charge in [0.15, 0.2) is 8.32 Å². The van der Waals surface area contributed by atoms with Crippen LogP contribution >= 0.6 is 24.8 Å². The molecule has 0 aliphatic heterocycles. The van der Waals surface area contributed by atoms with E-state index >= 15 is 0 Å². The molecule has 0 saturated heterocycles. The van der Waals surface area contributed by atoms with Crippen molar-refractivity contribution in [1.29, 1.82) is 0 Å². The van der Waals surface area contributed by atoms with E-state index in [-0.39, 0.29) is 38.8 Å². The third kappa shape index (κ3) is 30.7. The maximum Gasteiger partial charge on any atom is -0.0809 e. The molecule has 0 amide bonds. The fraction of sp³-hybridized carbons (Fsp3) is 0.286. The number of allylic oxidation sites excluding steroid dienone is 4. The summed E-state index contributed by atoms with van der Waals surface area (Å²) in [4.78, 5) is 8.66. The summed E-state index contributed by atoms with van der Waals surface area (Å²) in [6.45, 7) is 7.58. The average Bonchev–Trinajstić information content (AvgIpc) is 3.23. The van der Waals surface area contributed by atoms with Crippen molar-refractivity contribution in [2.45, 2.75) is 33.0 Å². The Bertz CT molecular complexity index is 533. The van der Waals surface area contributed by atoms with Crippen molar-refractivity contribution in [3.05, 3.63) is 74.2 Å². The van der Waals surface area contributed by atoms with Gasteiger partial charge in [0.05, 0.1) is 0 Å². The van der Waals surface area contributed by atoms with Crippen LogP contribution in [0.5, 0.6) is 0 Å². The van der Waals surface area contributed by atoms with Crippen LogP contribution in [-0.2, 0) is 24.2 Å². The van der Waals surface area contributed by atoms with Gasteiger partial charge in [0.25, 0.3) is 0 Å². The van der Waals surface area contributed by atoms with E-state index in [1.807, 2.05) is 31.8 Å². The summed E-state index contributed by atoms with van der Waals surface area (Å²) in [5.74, 6) is 0. The largest absolute Gasteiger partial charge is 0.358 e. The summed E-state index contributed by atoms with van der Waals surface area (Å²) >= 11 is 1.30. The van der Waals surface area contributed by atoms with Gasteiger partial charge < -0.3 is 17.3 Å². The number of fused-ring (bicyclic) bond motifs is 1. The van der Waals surface area contributed by atoms with Gasteiger partial charge in [0.2, 0.25) is 0 Å². The van der Waals surface area contributed by atoms with Gasteiger partial charge in [-0.1, -0.05) is 6.07 Å². The Balaban J connectivity index is -0.0000000798. The maximum absolute atomic E-state index is 8.66. The summed E-state index contributed by atoms with van der Waals surface area (Å²) in [7, 11) is -1.61. The molecular weight excluding hydrogens is 474 g/mol. The van der Waals surface area contributed by atoms with Gasteiger partial charge >= 0.3 is 28.4 Å². The third-order valence-corrected chi connectivity index (χ3v) is 2.13. The second-order valence-electron chi connectivity index (χ2n) is 5.64. The number of aliphatic hydroxyl groups excluding tert-OH is 1. The Labute approximate surface area is 195 Å². The smallest absolute Gasteiger partial charge is 0.0809 e. The van der Waals surface area contributed by atoms with Crippen molar-refractivity contribution >= 4 is 48.1 Å². The van der Waals surface area contributed by atoms with Crippen LogP contribution < -0.4 is 0 Å². The summed E-state index contributed by atoms with van der Waals surface area (Å²) in [5.41, 5.74) is 0. The van der Waals surface area contributed by atoms with Gasteiger partial charge in [-0.25, -0.2) is 12.2 Å². The first kappa shape index (κ1) is 37.5. The van der Waals surface area contributed by atoms with Gasteiger partial charge in [-0.15, -0.1) is 60.9 Å². The minimum absolute atomic E-state index is 0. The van der Waals surface area contributed by atoms with Gasteiger partial charge in [-0.3, -0.25) is 6.08 Å². The van der Waals surface area contributed by atoms with Gasteiger partial charge in [0, 0.05) is 6.61 Å². The van der Waals surface area contributed by atoms with Crippen LogP contribution in [0.3, 0.4) is 0 Å². The third-order valence-electron chi connectivity index (χ3n) is 2.13. The fourth-order valence-electron chi connectivity index (χ4n) is 1.41. The normalized spacial score (nSPS) is 9.67. The zero-order valence-electron chi connectivity index (χ0n) is 17.1. The van der Waals surface area contributed by atoms with E-state index in [2.05, 4.69) is 58.8 Å². The van der Waals surface area contributed by atoms with E-state index in [4.69, 9.17) is 9.90 Å². The van der Waals surface area contributed by atoms with E-state index in [0.29, 0.717) is 0 Å². The second-order valence-corrected chi connectivity index (χ2v) is 9.99. The number of benzene rings is 1. The number of hydrogen-bond acceptors (Lipinski definition) is 2.